The Balaban J connectivity index is 1.44. The zero-order chi connectivity index (χ0) is 23.7. The average Bonchev–Trinajstić information content (AvgIpc) is 3.11. The Labute approximate surface area is 198 Å². The molecule has 2 fully saturated rings. The second-order valence-corrected chi connectivity index (χ2v) is 11.5. The predicted octanol–water partition coefficient (Wildman–Crippen LogP) is 3.87. The third kappa shape index (κ3) is 3.12. The molecule has 1 unspecified atom stereocenters. The summed E-state index contributed by atoms with van der Waals surface area (Å²) < 4.78 is 44.6. The lowest BCUT2D eigenvalue weighted by molar-refractivity contribution is 0.358. The monoisotopic (exact) mass is 478 g/mol. The van der Waals surface area contributed by atoms with E-state index in [0.29, 0.717) is 24.9 Å². The van der Waals surface area contributed by atoms with Crippen molar-refractivity contribution < 1.29 is 12.8 Å². The fourth-order valence-corrected chi connectivity index (χ4v) is 7.42. The van der Waals surface area contributed by atoms with E-state index >= 15 is 0 Å². The van der Waals surface area contributed by atoms with Gasteiger partial charge in [0.1, 0.15) is 5.82 Å². The Morgan fingerprint density at radius 2 is 1.97 bits per heavy atom. The fourth-order valence-electron chi connectivity index (χ4n) is 6.42. The highest BCUT2D eigenvalue weighted by Crippen LogP contribution is 2.68. The zero-order valence-corrected chi connectivity index (χ0v) is 20.0. The van der Waals surface area contributed by atoms with Crippen LogP contribution in [0.4, 0.5) is 4.39 Å². The van der Waals surface area contributed by atoms with Crippen LogP contribution >= 0.6 is 0 Å². The molecule has 3 aromatic rings. The molecule has 3 aliphatic rings. The number of hydrogen-bond donors (Lipinski definition) is 1. The van der Waals surface area contributed by atoms with Crippen LogP contribution in [-0.4, -0.2) is 42.6 Å². The molecule has 0 spiro atoms. The average molecular weight is 479 g/mol. The Bertz CT molecular complexity index is 1440. The van der Waals surface area contributed by atoms with Crippen LogP contribution in [0, 0.1) is 30.5 Å². The molecule has 1 N–H and O–H groups in total. The molecule has 0 bridgehead atoms. The van der Waals surface area contributed by atoms with Crippen LogP contribution < -0.4 is 4.72 Å². The molecule has 1 aromatic heterocycles. The van der Waals surface area contributed by atoms with Crippen molar-refractivity contribution in [2.45, 2.75) is 18.8 Å². The highest BCUT2D eigenvalue weighted by atomic mass is 32.2. The molecule has 2 aliphatic carbocycles. The smallest absolute Gasteiger partial charge is 0.233 e. The summed E-state index contributed by atoms with van der Waals surface area (Å²) in [6.45, 7) is 3.12. The lowest BCUT2D eigenvalue weighted by Crippen LogP contribution is -2.41. The van der Waals surface area contributed by atoms with Crippen LogP contribution in [0.15, 0.2) is 66.9 Å². The molecular weight excluding hydrogens is 451 g/mol. The third-order valence-electron chi connectivity index (χ3n) is 7.98. The number of allylic oxidation sites excluding steroid dienone is 4. The molecule has 6 nitrogen and oxygen atoms in total. The van der Waals surface area contributed by atoms with Gasteiger partial charge in [-0.05, 0) is 78.6 Å². The van der Waals surface area contributed by atoms with Gasteiger partial charge >= 0.3 is 0 Å². The lowest BCUT2D eigenvalue weighted by atomic mass is 9.83. The predicted molar refractivity (Wildman–Crippen MR) is 130 cm³/mol. The third-order valence-corrected chi connectivity index (χ3v) is 9.45. The Hall–Kier alpha value is -2.81. The molecule has 1 saturated carbocycles. The van der Waals surface area contributed by atoms with Gasteiger partial charge in [0, 0.05) is 30.9 Å². The second-order valence-electron chi connectivity index (χ2n) is 9.65. The van der Waals surface area contributed by atoms with Gasteiger partial charge in [0.25, 0.3) is 10.2 Å². The van der Waals surface area contributed by atoms with E-state index in [1.807, 2.05) is 10.9 Å². The molecule has 34 heavy (non-hydrogen) atoms. The number of halogens is 1. The number of rotatable bonds is 5. The summed E-state index contributed by atoms with van der Waals surface area (Å²) in [7, 11) is -2.02. The van der Waals surface area contributed by atoms with Crippen LogP contribution in [0.5, 0.6) is 0 Å². The van der Waals surface area contributed by atoms with Crippen LogP contribution in [0.25, 0.3) is 16.6 Å². The van der Waals surface area contributed by atoms with Crippen molar-refractivity contribution in [2.75, 3.05) is 20.1 Å². The van der Waals surface area contributed by atoms with E-state index in [1.54, 1.807) is 16.4 Å². The maximum atomic E-state index is 13.4. The largest absolute Gasteiger partial charge is 0.279 e. The normalized spacial score (nSPS) is 28.5. The number of fused-ring (bicyclic) bond motifs is 2. The van der Waals surface area contributed by atoms with Crippen molar-refractivity contribution in [1.29, 1.82) is 0 Å². The van der Waals surface area contributed by atoms with Gasteiger partial charge in [0.2, 0.25) is 0 Å². The number of aromatic nitrogens is 2. The summed E-state index contributed by atoms with van der Waals surface area (Å²) in [6.07, 6.45) is 11.5. The van der Waals surface area contributed by atoms with E-state index in [2.05, 4.69) is 53.2 Å². The van der Waals surface area contributed by atoms with E-state index in [4.69, 9.17) is 0 Å². The van der Waals surface area contributed by atoms with Crippen molar-refractivity contribution in [1.82, 2.24) is 18.8 Å². The van der Waals surface area contributed by atoms with Gasteiger partial charge in [0.05, 0.1) is 17.4 Å². The molecule has 2 aromatic carbocycles. The van der Waals surface area contributed by atoms with Crippen molar-refractivity contribution in [3.05, 3.63) is 83.8 Å². The van der Waals surface area contributed by atoms with Gasteiger partial charge in [0.15, 0.2) is 0 Å². The number of benzene rings is 2. The summed E-state index contributed by atoms with van der Waals surface area (Å²) in [4.78, 5) is 0. The maximum Gasteiger partial charge on any atom is 0.279 e. The SMILES string of the molecule is CNS(=O)(=O)N1C[C@H]2[C@H](C3C=CC=CC3)[C@@]2(c2cc3cnn(-c4ccc(F)cc4)c3cc2C)C1. The molecule has 6 rings (SSSR count). The van der Waals surface area contributed by atoms with Crippen molar-refractivity contribution in [3.63, 3.8) is 0 Å². The van der Waals surface area contributed by atoms with Crippen molar-refractivity contribution >= 4 is 21.1 Å². The number of nitrogens with one attached hydrogen (secondary N) is 1. The summed E-state index contributed by atoms with van der Waals surface area (Å²) >= 11 is 0. The van der Waals surface area contributed by atoms with E-state index in [0.717, 1.165) is 28.6 Å². The van der Waals surface area contributed by atoms with Gasteiger partial charge in [-0.15, -0.1) is 0 Å². The lowest BCUT2D eigenvalue weighted by Gasteiger charge is -2.27. The van der Waals surface area contributed by atoms with Crippen LogP contribution in [0.3, 0.4) is 0 Å². The van der Waals surface area contributed by atoms with Gasteiger partial charge in [-0.2, -0.15) is 17.8 Å². The minimum atomic E-state index is -3.49. The number of aryl methyl sites for hydroxylation is 1. The van der Waals surface area contributed by atoms with Gasteiger partial charge in [-0.1, -0.05) is 24.3 Å². The maximum absolute atomic E-state index is 13.4. The minimum absolute atomic E-state index is 0.208. The van der Waals surface area contributed by atoms with Crippen molar-refractivity contribution in [3.8, 4) is 5.69 Å². The molecule has 0 radical (unpaired) electrons. The quantitative estimate of drug-likeness (QED) is 0.606. The van der Waals surface area contributed by atoms with Gasteiger partial charge < -0.3 is 0 Å². The van der Waals surface area contributed by atoms with Gasteiger partial charge in [-0.25, -0.2) is 13.8 Å². The summed E-state index contributed by atoms with van der Waals surface area (Å²) in [5, 5.41) is 5.57. The van der Waals surface area contributed by atoms with E-state index in [9.17, 15) is 12.8 Å². The molecule has 1 saturated heterocycles. The number of hydrogen-bond acceptors (Lipinski definition) is 3. The molecule has 0 amide bonds. The summed E-state index contributed by atoms with van der Waals surface area (Å²) in [5.74, 6) is 0.810. The minimum Gasteiger partial charge on any atom is -0.233 e. The second kappa shape index (κ2) is 7.60. The Kier molecular flexibility index (Phi) is 4.85. The molecule has 176 valence electrons. The zero-order valence-electron chi connectivity index (χ0n) is 19.1. The topological polar surface area (TPSA) is 67.2 Å². The first-order chi connectivity index (χ1) is 16.3. The number of nitrogens with zero attached hydrogens (tertiary/aromatic N) is 3. The standard InChI is InChI=1S/C26H27FN4O2S/c1-17-12-24-19(14-29-31(24)21-10-8-20(27)9-11-21)13-22(17)26-16-30(34(32,33)28-2)15-23(26)25(26)18-6-4-3-5-7-18/h3-6,8-14,18,23,25,28H,7,15-16H2,1-2H3/t18?,23-,25-,26+/m0/s1. The first-order valence-corrected chi connectivity index (χ1v) is 13.1. The molecule has 2 heterocycles. The van der Waals surface area contributed by atoms with Crippen LogP contribution in [0.1, 0.15) is 17.5 Å². The molecule has 1 aliphatic heterocycles. The molecule has 4 atom stereocenters. The van der Waals surface area contributed by atoms with E-state index in [-0.39, 0.29) is 17.2 Å². The highest BCUT2D eigenvalue weighted by molar-refractivity contribution is 7.87. The first-order valence-electron chi connectivity index (χ1n) is 11.6. The summed E-state index contributed by atoms with van der Waals surface area (Å²) in [5.41, 5.74) is 3.89. The van der Waals surface area contributed by atoms with E-state index in [1.165, 1.54) is 24.7 Å². The van der Waals surface area contributed by atoms with E-state index < -0.39 is 10.2 Å². The number of piperidine rings is 1. The first kappa shape index (κ1) is 21.7. The Morgan fingerprint density at radius 3 is 2.68 bits per heavy atom. The van der Waals surface area contributed by atoms with Gasteiger partial charge in [-0.3, -0.25) is 0 Å². The molecule has 8 heteroatoms. The highest BCUT2D eigenvalue weighted by Gasteiger charge is 2.72. The fraction of sp³-hybridized carbons (Fsp3) is 0.346. The van der Waals surface area contributed by atoms with Crippen LogP contribution in [-0.2, 0) is 15.6 Å². The Morgan fingerprint density at radius 1 is 1.18 bits per heavy atom. The molecular formula is C26H27FN4O2S. The summed E-state index contributed by atoms with van der Waals surface area (Å²) in [6, 6.07) is 10.6. The van der Waals surface area contributed by atoms with Crippen molar-refractivity contribution in [2.24, 2.45) is 17.8 Å². The van der Waals surface area contributed by atoms with Crippen LogP contribution in [0.2, 0.25) is 0 Å².